The first-order valence-corrected chi connectivity index (χ1v) is 11.6. The molecule has 0 fully saturated rings. The van der Waals surface area contributed by atoms with Gasteiger partial charge in [0.2, 0.25) is 5.91 Å². The van der Waals surface area contributed by atoms with Gasteiger partial charge < -0.3 is 15.0 Å². The first kappa shape index (κ1) is 23.1. The lowest BCUT2D eigenvalue weighted by molar-refractivity contribution is -0.111. The number of nitrogens with zero attached hydrogens (tertiary/aromatic N) is 5. The molecule has 4 heterocycles. The van der Waals surface area contributed by atoms with E-state index in [4.69, 9.17) is 9.72 Å². The molecule has 0 bridgehead atoms. The summed E-state index contributed by atoms with van der Waals surface area (Å²) < 4.78 is 9.63. The summed E-state index contributed by atoms with van der Waals surface area (Å²) in [5.41, 5.74) is 7.65. The van der Waals surface area contributed by atoms with Crippen molar-refractivity contribution < 1.29 is 9.53 Å². The summed E-state index contributed by atoms with van der Waals surface area (Å²) in [4.78, 5) is 20.3. The molecule has 0 atom stereocenters. The predicted molar refractivity (Wildman–Crippen MR) is 141 cm³/mol. The van der Waals surface area contributed by atoms with E-state index in [0.717, 1.165) is 51.0 Å². The fourth-order valence-electron chi connectivity index (χ4n) is 4.37. The fourth-order valence-corrected chi connectivity index (χ4v) is 4.37. The quantitative estimate of drug-likeness (QED) is 0.320. The standard InChI is InChI=1S/C27H27N7O2/c1-6-22(35)31-21-10-17(9-8-16(21)3)23-24-26(36-5)20(18-11-30-34(7-2)15-18)13-28-27(24)32-25(23)19-12-29-33(4)14-19/h6,8-15H,1,7H2,2-5H3,(H,28,32)(H,31,35). The Labute approximate surface area is 208 Å². The molecule has 182 valence electrons. The van der Waals surface area contributed by atoms with E-state index in [0.29, 0.717) is 17.1 Å². The van der Waals surface area contributed by atoms with Gasteiger partial charge in [0.1, 0.15) is 11.4 Å². The molecule has 0 aliphatic carbocycles. The Hall–Kier alpha value is -4.66. The lowest BCUT2D eigenvalue weighted by atomic mass is 9.96. The number of carbonyl (C=O) groups excluding carboxylic acids is 1. The van der Waals surface area contributed by atoms with E-state index in [1.807, 2.05) is 68.6 Å². The summed E-state index contributed by atoms with van der Waals surface area (Å²) in [5, 5.41) is 12.5. The molecule has 0 spiro atoms. The molecule has 0 aliphatic heterocycles. The van der Waals surface area contributed by atoms with Crippen molar-refractivity contribution >= 4 is 22.6 Å². The Kier molecular flexibility index (Phi) is 5.89. The molecule has 0 radical (unpaired) electrons. The van der Waals surface area contributed by atoms with Crippen molar-refractivity contribution in [2.75, 3.05) is 12.4 Å². The molecule has 4 aromatic heterocycles. The van der Waals surface area contributed by atoms with Gasteiger partial charge in [0.15, 0.2) is 0 Å². The number of aromatic amines is 1. The van der Waals surface area contributed by atoms with Crippen LogP contribution in [0.25, 0.3) is 44.5 Å². The van der Waals surface area contributed by atoms with Gasteiger partial charge in [-0.2, -0.15) is 10.2 Å². The molecule has 1 amide bonds. The monoisotopic (exact) mass is 481 g/mol. The van der Waals surface area contributed by atoms with E-state index in [9.17, 15) is 4.79 Å². The van der Waals surface area contributed by atoms with Gasteiger partial charge >= 0.3 is 0 Å². The molecule has 0 aliphatic rings. The van der Waals surface area contributed by atoms with Crippen molar-refractivity contribution in [2.45, 2.75) is 20.4 Å². The average Bonchev–Trinajstić information content (AvgIpc) is 3.62. The van der Waals surface area contributed by atoms with Crippen LogP contribution in [0.1, 0.15) is 12.5 Å². The topological polar surface area (TPSA) is 103 Å². The largest absolute Gasteiger partial charge is 0.495 e. The minimum absolute atomic E-state index is 0.267. The second-order valence-electron chi connectivity index (χ2n) is 8.51. The van der Waals surface area contributed by atoms with Crippen LogP contribution in [0.5, 0.6) is 5.75 Å². The Balaban J connectivity index is 1.81. The number of aromatic nitrogens is 6. The summed E-state index contributed by atoms with van der Waals surface area (Å²) >= 11 is 0. The van der Waals surface area contributed by atoms with Crippen LogP contribution in [0.3, 0.4) is 0 Å². The van der Waals surface area contributed by atoms with Crippen molar-refractivity contribution in [3.63, 3.8) is 0 Å². The van der Waals surface area contributed by atoms with Crippen LogP contribution in [-0.4, -0.2) is 42.5 Å². The molecule has 2 N–H and O–H groups in total. The second kappa shape index (κ2) is 9.18. The number of H-pyrrole nitrogens is 1. The van der Waals surface area contributed by atoms with E-state index in [-0.39, 0.29) is 5.91 Å². The van der Waals surface area contributed by atoms with E-state index in [2.05, 4.69) is 27.1 Å². The Morgan fingerprint density at radius 1 is 1.17 bits per heavy atom. The average molecular weight is 482 g/mol. The van der Waals surface area contributed by atoms with Gasteiger partial charge in [-0.15, -0.1) is 0 Å². The zero-order valence-corrected chi connectivity index (χ0v) is 20.7. The highest BCUT2D eigenvalue weighted by Gasteiger charge is 2.24. The van der Waals surface area contributed by atoms with Crippen molar-refractivity contribution in [1.29, 1.82) is 0 Å². The summed E-state index contributed by atoms with van der Waals surface area (Å²) in [6.45, 7) is 8.32. The number of hydrogen-bond acceptors (Lipinski definition) is 5. The van der Waals surface area contributed by atoms with E-state index in [1.165, 1.54) is 6.08 Å². The number of carbonyl (C=O) groups is 1. The van der Waals surface area contributed by atoms with Crippen LogP contribution < -0.4 is 10.1 Å². The molecule has 1 aromatic carbocycles. The SMILES string of the molecule is C=CC(=O)Nc1cc(-c2c(-c3cnn(C)c3)[nH]c3ncc(-c4cnn(CC)c4)c(OC)c23)ccc1C. The molecule has 9 heteroatoms. The number of aryl methyl sites for hydroxylation is 3. The molecular formula is C27H27N7O2. The van der Waals surface area contributed by atoms with Crippen LogP contribution in [0.2, 0.25) is 0 Å². The predicted octanol–water partition coefficient (Wildman–Crippen LogP) is 4.96. The lowest BCUT2D eigenvalue weighted by Gasteiger charge is -2.13. The van der Waals surface area contributed by atoms with Crippen LogP contribution >= 0.6 is 0 Å². The normalized spacial score (nSPS) is 11.1. The number of hydrogen-bond donors (Lipinski definition) is 2. The fraction of sp³-hybridized carbons (Fsp3) is 0.185. The maximum absolute atomic E-state index is 12.1. The van der Waals surface area contributed by atoms with Crippen LogP contribution in [0.15, 0.2) is 61.8 Å². The number of nitrogens with one attached hydrogen (secondary N) is 2. The number of pyridine rings is 1. The summed E-state index contributed by atoms with van der Waals surface area (Å²) in [7, 11) is 3.54. The highest BCUT2D eigenvalue weighted by Crippen LogP contribution is 2.45. The van der Waals surface area contributed by atoms with Gasteiger partial charge in [-0.3, -0.25) is 14.2 Å². The molecule has 0 saturated carbocycles. The Morgan fingerprint density at radius 2 is 1.97 bits per heavy atom. The highest BCUT2D eigenvalue weighted by atomic mass is 16.5. The maximum Gasteiger partial charge on any atom is 0.247 e. The summed E-state index contributed by atoms with van der Waals surface area (Å²) in [5.74, 6) is 0.422. The third-order valence-corrected chi connectivity index (χ3v) is 6.21. The number of amides is 1. The van der Waals surface area contributed by atoms with E-state index >= 15 is 0 Å². The first-order chi connectivity index (χ1) is 17.4. The smallest absolute Gasteiger partial charge is 0.247 e. The van der Waals surface area contributed by atoms with Gasteiger partial charge in [-0.25, -0.2) is 4.98 Å². The molecule has 5 aromatic rings. The van der Waals surface area contributed by atoms with Crippen LogP contribution in [-0.2, 0) is 18.4 Å². The summed E-state index contributed by atoms with van der Waals surface area (Å²) in [6.07, 6.45) is 10.6. The molecule has 0 unspecified atom stereocenters. The minimum atomic E-state index is -0.267. The molecule has 36 heavy (non-hydrogen) atoms. The Morgan fingerprint density at radius 3 is 2.64 bits per heavy atom. The third-order valence-electron chi connectivity index (χ3n) is 6.21. The minimum Gasteiger partial charge on any atom is -0.495 e. The van der Waals surface area contributed by atoms with Crippen molar-refractivity contribution in [3.8, 4) is 39.3 Å². The second-order valence-corrected chi connectivity index (χ2v) is 8.51. The number of fused-ring (bicyclic) bond motifs is 1. The van der Waals surface area contributed by atoms with Gasteiger partial charge in [0, 0.05) is 60.1 Å². The molecule has 9 nitrogen and oxygen atoms in total. The molecule has 5 rings (SSSR count). The third kappa shape index (κ3) is 3.94. The van der Waals surface area contributed by atoms with Crippen molar-refractivity contribution in [3.05, 3.63) is 67.4 Å². The lowest BCUT2D eigenvalue weighted by Crippen LogP contribution is -2.08. The number of benzene rings is 1. The number of ether oxygens (including phenoxy) is 1. The van der Waals surface area contributed by atoms with Crippen LogP contribution in [0, 0.1) is 6.92 Å². The zero-order chi connectivity index (χ0) is 25.4. The number of rotatable bonds is 7. The number of methoxy groups -OCH3 is 1. The van der Waals surface area contributed by atoms with Gasteiger partial charge in [-0.1, -0.05) is 18.7 Å². The van der Waals surface area contributed by atoms with Crippen molar-refractivity contribution in [1.82, 2.24) is 29.5 Å². The van der Waals surface area contributed by atoms with Crippen molar-refractivity contribution in [2.24, 2.45) is 7.05 Å². The van der Waals surface area contributed by atoms with Gasteiger partial charge in [0.25, 0.3) is 0 Å². The highest BCUT2D eigenvalue weighted by molar-refractivity contribution is 6.08. The van der Waals surface area contributed by atoms with Gasteiger partial charge in [0.05, 0.1) is 30.6 Å². The van der Waals surface area contributed by atoms with E-state index in [1.54, 1.807) is 18.0 Å². The maximum atomic E-state index is 12.1. The Bertz CT molecular complexity index is 1610. The summed E-state index contributed by atoms with van der Waals surface area (Å²) in [6, 6.07) is 5.97. The van der Waals surface area contributed by atoms with Gasteiger partial charge in [-0.05, 0) is 37.1 Å². The molecule has 0 saturated heterocycles. The van der Waals surface area contributed by atoms with E-state index < -0.39 is 0 Å². The zero-order valence-electron chi connectivity index (χ0n) is 20.7. The number of anilines is 1. The first-order valence-electron chi connectivity index (χ1n) is 11.6. The molecular weight excluding hydrogens is 454 g/mol. The van der Waals surface area contributed by atoms with Crippen LogP contribution in [0.4, 0.5) is 5.69 Å².